The molecule has 1 amide bonds. The Balaban J connectivity index is 2.26. The lowest BCUT2D eigenvalue weighted by molar-refractivity contribution is -0.112. The van der Waals surface area contributed by atoms with E-state index in [4.69, 9.17) is 27.6 Å². The molecule has 0 aliphatic carbocycles. The topological polar surface area (TPSA) is 66.0 Å². The second-order valence-electron chi connectivity index (χ2n) is 4.62. The highest BCUT2D eigenvalue weighted by Gasteiger charge is 2.13. The van der Waals surface area contributed by atoms with E-state index in [0.29, 0.717) is 32.8 Å². The third kappa shape index (κ3) is 3.70. The quantitative estimate of drug-likeness (QED) is 0.650. The van der Waals surface area contributed by atoms with E-state index < -0.39 is 5.91 Å². The number of carbonyl (C=O) groups excluding carboxylic acids is 1. The summed E-state index contributed by atoms with van der Waals surface area (Å²) in [5.41, 5.74) is 1.03. The number of amides is 1. The van der Waals surface area contributed by atoms with Crippen LogP contribution in [0.25, 0.3) is 6.08 Å². The lowest BCUT2D eigenvalue weighted by Gasteiger charge is -2.06. The SMILES string of the molecule is Cc1cc(/C=C(/C#N)C(=O)Nc2ccc(Cl)cc2Cl)c(C)o1. The first-order chi connectivity index (χ1) is 10.4. The molecule has 0 aliphatic rings. The van der Waals surface area contributed by atoms with Gasteiger partial charge < -0.3 is 9.73 Å². The molecule has 0 spiro atoms. The Labute approximate surface area is 137 Å². The van der Waals surface area contributed by atoms with Crippen LogP contribution in [0.4, 0.5) is 5.69 Å². The molecule has 1 N–H and O–H groups in total. The zero-order valence-electron chi connectivity index (χ0n) is 11.9. The summed E-state index contributed by atoms with van der Waals surface area (Å²) in [5, 5.41) is 12.5. The van der Waals surface area contributed by atoms with Gasteiger partial charge in [-0.1, -0.05) is 23.2 Å². The molecule has 0 saturated heterocycles. The molecule has 0 unspecified atom stereocenters. The number of halogens is 2. The minimum absolute atomic E-state index is 0.0464. The summed E-state index contributed by atoms with van der Waals surface area (Å²) >= 11 is 11.8. The number of furan rings is 1. The zero-order chi connectivity index (χ0) is 16.3. The maximum atomic E-state index is 12.2. The van der Waals surface area contributed by atoms with E-state index in [2.05, 4.69) is 5.32 Å². The van der Waals surface area contributed by atoms with Crippen molar-refractivity contribution in [1.29, 1.82) is 5.26 Å². The van der Waals surface area contributed by atoms with Crippen molar-refractivity contribution in [2.75, 3.05) is 5.32 Å². The van der Waals surface area contributed by atoms with Crippen LogP contribution in [-0.4, -0.2) is 5.91 Å². The summed E-state index contributed by atoms with van der Waals surface area (Å²) in [4.78, 5) is 12.2. The fourth-order valence-corrected chi connectivity index (χ4v) is 2.33. The zero-order valence-corrected chi connectivity index (χ0v) is 13.4. The molecule has 4 nitrogen and oxygen atoms in total. The number of carbonyl (C=O) groups is 1. The Hall–Kier alpha value is -2.22. The van der Waals surface area contributed by atoms with Gasteiger partial charge in [-0.15, -0.1) is 0 Å². The third-order valence-electron chi connectivity index (χ3n) is 2.92. The highest BCUT2D eigenvalue weighted by atomic mass is 35.5. The standard InChI is InChI=1S/C16H12Cl2N2O2/c1-9-5-11(10(2)22-9)6-12(8-19)16(21)20-15-4-3-13(17)7-14(15)18/h3-7H,1-2H3,(H,20,21)/b12-6-. The molecule has 22 heavy (non-hydrogen) atoms. The van der Waals surface area contributed by atoms with E-state index in [9.17, 15) is 10.1 Å². The number of benzene rings is 1. The molecule has 1 heterocycles. The van der Waals surface area contributed by atoms with Crippen molar-refractivity contribution in [3.63, 3.8) is 0 Å². The number of anilines is 1. The van der Waals surface area contributed by atoms with Gasteiger partial charge in [0.25, 0.3) is 5.91 Å². The predicted octanol–water partition coefficient (Wildman–Crippen LogP) is 4.75. The van der Waals surface area contributed by atoms with Gasteiger partial charge in [0.05, 0.1) is 10.7 Å². The highest BCUT2D eigenvalue weighted by Crippen LogP contribution is 2.26. The van der Waals surface area contributed by atoms with Crippen LogP contribution >= 0.6 is 23.2 Å². The molecule has 1 aromatic carbocycles. The maximum Gasteiger partial charge on any atom is 0.266 e. The van der Waals surface area contributed by atoms with Crippen LogP contribution in [-0.2, 0) is 4.79 Å². The van der Waals surface area contributed by atoms with Gasteiger partial charge in [-0.3, -0.25) is 4.79 Å². The molecule has 6 heteroatoms. The number of nitrogens with zero attached hydrogens (tertiary/aromatic N) is 1. The summed E-state index contributed by atoms with van der Waals surface area (Å²) in [6, 6.07) is 8.32. The average molecular weight is 335 g/mol. The molecule has 0 radical (unpaired) electrons. The Morgan fingerprint density at radius 3 is 2.59 bits per heavy atom. The molecule has 0 atom stereocenters. The first-order valence-corrected chi connectivity index (χ1v) is 7.11. The van der Waals surface area contributed by atoms with Crippen LogP contribution in [0.5, 0.6) is 0 Å². The molecule has 2 aromatic rings. The molecule has 2 rings (SSSR count). The van der Waals surface area contributed by atoms with Crippen LogP contribution < -0.4 is 5.32 Å². The van der Waals surface area contributed by atoms with Crippen molar-refractivity contribution in [2.45, 2.75) is 13.8 Å². The molecule has 0 aliphatic heterocycles. The van der Waals surface area contributed by atoms with E-state index in [1.165, 1.54) is 12.1 Å². The van der Waals surface area contributed by atoms with Gasteiger partial charge in [0.15, 0.2) is 0 Å². The van der Waals surface area contributed by atoms with Gasteiger partial charge in [-0.2, -0.15) is 5.26 Å². The van der Waals surface area contributed by atoms with E-state index in [1.807, 2.05) is 6.07 Å². The lowest BCUT2D eigenvalue weighted by atomic mass is 10.1. The normalized spacial score (nSPS) is 11.1. The Kier molecular flexibility index (Phi) is 4.92. The number of hydrogen-bond acceptors (Lipinski definition) is 3. The number of hydrogen-bond donors (Lipinski definition) is 1. The third-order valence-corrected chi connectivity index (χ3v) is 3.47. The first kappa shape index (κ1) is 16.2. The summed E-state index contributed by atoms with van der Waals surface area (Å²) < 4.78 is 5.37. The van der Waals surface area contributed by atoms with Crippen LogP contribution in [0.15, 0.2) is 34.3 Å². The van der Waals surface area contributed by atoms with Gasteiger partial charge in [-0.25, -0.2) is 0 Å². The summed E-state index contributed by atoms with van der Waals surface area (Å²) in [7, 11) is 0. The first-order valence-electron chi connectivity index (χ1n) is 6.36. The van der Waals surface area contributed by atoms with Crippen molar-refractivity contribution >= 4 is 40.9 Å². The molecule has 1 aromatic heterocycles. The maximum absolute atomic E-state index is 12.2. The van der Waals surface area contributed by atoms with Crippen LogP contribution in [0.2, 0.25) is 10.0 Å². The molecule has 112 valence electrons. The number of nitriles is 1. The van der Waals surface area contributed by atoms with Gasteiger partial charge >= 0.3 is 0 Å². The van der Waals surface area contributed by atoms with Crippen molar-refractivity contribution < 1.29 is 9.21 Å². The Morgan fingerprint density at radius 2 is 2.05 bits per heavy atom. The molecule has 0 fully saturated rings. The predicted molar refractivity (Wildman–Crippen MR) is 86.9 cm³/mol. The number of aryl methyl sites for hydroxylation is 2. The molecule has 0 bridgehead atoms. The van der Waals surface area contributed by atoms with Crippen LogP contribution in [0.1, 0.15) is 17.1 Å². The number of nitrogens with one attached hydrogen (secondary N) is 1. The second kappa shape index (κ2) is 6.69. The van der Waals surface area contributed by atoms with E-state index in [-0.39, 0.29) is 5.57 Å². The fraction of sp³-hybridized carbons (Fsp3) is 0.125. The average Bonchev–Trinajstić information content (AvgIpc) is 2.77. The summed E-state index contributed by atoms with van der Waals surface area (Å²) in [6.07, 6.45) is 1.48. The van der Waals surface area contributed by atoms with Crippen LogP contribution in [0.3, 0.4) is 0 Å². The van der Waals surface area contributed by atoms with Crippen molar-refractivity contribution in [1.82, 2.24) is 0 Å². The number of rotatable bonds is 3. The molecular weight excluding hydrogens is 323 g/mol. The lowest BCUT2D eigenvalue weighted by Crippen LogP contribution is -2.13. The van der Waals surface area contributed by atoms with Crippen molar-refractivity contribution in [3.05, 3.63) is 57.0 Å². The minimum atomic E-state index is -0.551. The van der Waals surface area contributed by atoms with E-state index in [1.54, 1.807) is 32.0 Å². The Morgan fingerprint density at radius 1 is 1.32 bits per heavy atom. The van der Waals surface area contributed by atoms with Crippen molar-refractivity contribution in [3.8, 4) is 6.07 Å². The highest BCUT2D eigenvalue weighted by molar-refractivity contribution is 6.36. The summed E-state index contributed by atoms with van der Waals surface area (Å²) in [5.74, 6) is 0.801. The van der Waals surface area contributed by atoms with Gasteiger partial charge in [0, 0.05) is 10.6 Å². The van der Waals surface area contributed by atoms with Gasteiger partial charge in [0.2, 0.25) is 0 Å². The largest absolute Gasteiger partial charge is 0.466 e. The van der Waals surface area contributed by atoms with Gasteiger partial charge in [-0.05, 0) is 44.2 Å². The fourth-order valence-electron chi connectivity index (χ4n) is 1.88. The second-order valence-corrected chi connectivity index (χ2v) is 5.46. The molecular formula is C16H12Cl2N2O2. The van der Waals surface area contributed by atoms with Crippen molar-refractivity contribution in [2.24, 2.45) is 0 Å². The molecule has 0 saturated carbocycles. The Bertz CT molecular complexity index is 801. The van der Waals surface area contributed by atoms with E-state index in [0.717, 1.165) is 0 Å². The van der Waals surface area contributed by atoms with E-state index >= 15 is 0 Å². The monoisotopic (exact) mass is 334 g/mol. The van der Waals surface area contributed by atoms with Crippen LogP contribution in [0, 0.1) is 25.2 Å². The van der Waals surface area contributed by atoms with Gasteiger partial charge in [0.1, 0.15) is 23.2 Å². The summed E-state index contributed by atoms with van der Waals surface area (Å²) in [6.45, 7) is 3.56. The minimum Gasteiger partial charge on any atom is -0.466 e. The smallest absolute Gasteiger partial charge is 0.266 e.